The Labute approximate surface area is 79.6 Å². The fourth-order valence-electron chi connectivity index (χ4n) is 1.38. The lowest BCUT2D eigenvalue weighted by Gasteiger charge is -1.97. The molecule has 0 N–H and O–H groups in total. The smallest absolute Gasteiger partial charge is 0.201 e. The first-order valence-electron chi connectivity index (χ1n) is 4.28. The Hall–Kier alpha value is -2.10. The summed E-state index contributed by atoms with van der Waals surface area (Å²) in [6.45, 7) is 0. The summed E-state index contributed by atoms with van der Waals surface area (Å²) in [6.07, 6.45) is 1.62. The molecule has 66 valence electrons. The first-order chi connectivity index (χ1) is 6.93. The summed E-state index contributed by atoms with van der Waals surface area (Å²) < 4.78 is 0. The maximum atomic E-state index is 4.41. The minimum atomic E-state index is 0.589. The van der Waals surface area contributed by atoms with Crippen LogP contribution in [0, 0.1) is 0 Å². The number of para-hydroxylation sites is 2. The lowest BCUT2D eigenvalue weighted by Crippen LogP contribution is -1.90. The van der Waals surface area contributed by atoms with Crippen molar-refractivity contribution in [3.05, 3.63) is 36.5 Å². The summed E-state index contributed by atoms with van der Waals surface area (Å²) in [7, 11) is 0. The van der Waals surface area contributed by atoms with Gasteiger partial charge in [-0.15, -0.1) is 5.10 Å². The van der Waals surface area contributed by atoms with Crippen molar-refractivity contribution in [1.29, 1.82) is 0 Å². The van der Waals surface area contributed by atoms with Gasteiger partial charge in [-0.1, -0.05) is 12.1 Å². The summed E-state index contributed by atoms with van der Waals surface area (Å²) in [5.74, 6) is 0. The first-order valence-corrected chi connectivity index (χ1v) is 4.28. The second-order valence-corrected chi connectivity index (χ2v) is 2.95. The van der Waals surface area contributed by atoms with Crippen molar-refractivity contribution < 1.29 is 0 Å². The van der Waals surface area contributed by atoms with Gasteiger partial charge in [0.05, 0.1) is 17.2 Å². The molecule has 0 spiro atoms. The summed E-state index contributed by atoms with van der Waals surface area (Å²) in [5, 5.41) is 7.67. The Balaban J connectivity index is 2.52. The monoisotopic (exact) mass is 182 g/mol. The van der Waals surface area contributed by atoms with Gasteiger partial charge in [-0.2, -0.15) is 5.10 Å². The Morgan fingerprint density at radius 3 is 2.43 bits per heavy atom. The van der Waals surface area contributed by atoms with E-state index in [-0.39, 0.29) is 0 Å². The van der Waals surface area contributed by atoms with E-state index in [1.54, 1.807) is 6.20 Å². The zero-order valence-corrected chi connectivity index (χ0v) is 7.25. The quantitative estimate of drug-likeness (QED) is 0.495. The summed E-state index contributed by atoms with van der Waals surface area (Å²) in [4.78, 5) is 8.75. The van der Waals surface area contributed by atoms with Crippen LogP contribution in [0.1, 0.15) is 0 Å². The van der Waals surface area contributed by atoms with E-state index in [2.05, 4.69) is 20.2 Å². The van der Waals surface area contributed by atoms with Gasteiger partial charge in [0.1, 0.15) is 5.52 Å². The van der Waals surface area contributed by atoms with Crippen LogP contribution in [0.25, 0.3) is 22.2 Å². The van der Waals surface area contributed by atoms with Gasteiger partial charge in [-0.05, 0) is 18.2 Å². The molecule has 1 aromatic carbocycles. The maximum Gasteiger partial charge on any atom is 0.201 e. The van der Waals surface area contributed by atoms with Crippen LogP contribution in [0.5, 0.6) is 0 Å². The van der Waals surface area contributed by atoms with Crippen LogP contribution >= 0.6 is 0 Å². The van der Waals surface area contributed by atoms with Crippen LogP contribution in [0.15, 0.2) is 36.5 Å². The Bertz CT molecular complexity index is 501. The van der Waals surface area contributed by atoms with Crippen LogP contribution in [0.3, 0.4) is 0 Å². The summed E-state index contributed by atoms with van der Waals surface area (Å²) in [5.41, 5.74) is 3.10. The molecule has 0 unspecified atom stereocenters. The topological polar surface area (TPSA) is 51.6 Å². The van der Waals surface area contributed by atoms with Crippen molar-refractivity contribution in [2.24, 2.45) is 0 Å². The third-order valence-electron chi connectivity index (χ3n) is 2.03. The second kappa shape index (κ2) is 2.70. The van der Waals surface area contributed by atoms with Gasteiger partial charge < -0.3 is 0 Å². The highest BCUT2D eigenvalue weighted by Gasteiger charge is 2.00. The van der Waals surface area contributed by atoms with Gasteiger partial charge in [-0.3, -0.25) is 0 Å². The third-order valence-corrected chi connectivity index (χ3v) is 2.03. The van der Waals surface area contributed by atoms with E-state index in [1.165, 1.54) is 0 Å². The van der Waals surface area contributed by atoms with Gasteiger partial charge >= 0.3 is 0 Å². The highest BCUT2D eigenvalue weighted by molar-refractivity contribution is 5.83. The second-order valence-electron chi connectivity index (χ2n) is 2.95. The van der Waals surface area contributed by atoms with Crippen molar-refractivity contribution >= 4 is 22.2 Å². The molecule has 2 aromatic heterocycles. The molecular formula is C10H6N4. The normalized spacial score (nSPS) is 10.9. The molecule has 0 fully saturated rings. The Morgan fingerprint density at radius 1 is 0.786 bits per heavy atom. The minimum absolute atomic E-state index is 0.589. The summed E-state index contributed by atoms with van der Waals surface area (Å²) in [6, 6.07) is 9.52. The molecule has 0 saturated heterocycles. The van der Waals surface area contributed by atoms with E-state index in [0.717, 1.165) is 16.6 Å². The summed E-state index contributed by atoms with van der Waals surface area (Å²) >= 11 is 0. The SMILES string of the molecule is c1ccc2nc3nnccc3nc2c1. The molecule has 0 bridgehead atoms. The first kappa shape index (κ1) is 7.32. The van der Waals surface area contributed by atoms with E-state index in [0.29, 0.717) is 5.65 Å². The fourth-order valence-corrected chi connectivity index (χ4v) is 1.38. The molecule has 0 aliphatic heterocycles. The number of hydrogen-bond acceptors (Lipinski definition) is 4. The standard InChI is InChI=1S/C10H6N4/c1-2-4-8-7(3-1)12-9-5-6-11-14-10(9)13-8/h1-6H. The van der Waals surface area contributed by atoms with Crippen molar-refractivity contribution in [2.75, 3.05) is 0 Å². The molecule has 4 heteroatoms. The van der Waals surface area contributed by atoms with Gasteiger partial charge in [0.25, 0.3) is 0 Å². The lowest BCUT2D eigenvalue weighted by molar-refractivity contribution is 1.05. The molecule has 14 heavy (non-hydrogen) atoms. The van der Waals surface area contributed by atoms with Crippen LogP contribution in [-0.4, -0.2) is 20.2 Å². The minimum Gasteiger partial charge on any atom is -0.243 e. The van der Waals surface area contributed by atoms with E-state index in [9.17, 15) is 0 Å². The van der Waals surface area contributed by atoms with Gasteiger partial charge in [0, 0.05) is 0 Å². The molecule has 3 aromatic rings. The number of aromatic nitrogens is 4. The largest absolute Gasteiger partial charge is 0.243 e. The molecular weight excluding hydrogens is 176 g/mol. The van der Waals surface area contributed by atoms with Gasteiger partial charge in [0.15, 0.2) is 0 Å². The molecule has 0 radical (unpaired) electrons. The molecule has 0 saturated carbocycles. The lowest BCUT2D eigenvalue weighted by atomic mass is 10.3. The highest BCUT2D eigenvalue weighted by Crippen LogP contribution is 2.12. The van der Waals surface area contributed by atoms with E-state index in [4.69, 9.17) is 0 Å². The average Bonchev–Trinajstić information content (AvgIpc) is 2.26. The van der Waals surface area contributed by atoms with Crippen LogP contribution < -0.4 is 0 Å². The van der Waals surface area contributed by atoms with Crippen molar-refractivity contribution in [1.82, 2.24) is 20.2 Å². The predicted molar refractivity (Wildman–Crippen MR) is 52.6 cm³/mol. The molecule has 4 nitrogen and oxygen atoms in total. The van der Waals surface area contributed by atoms with Crippen molar-refractivity contribution in [3.63, 3.8) is 0 Å². The molecule has 0 atom stereocenters. The van der Waals surface area contributed by atoms with Crippen LogP contribution in [0.2, 0.25) is 0 Å². The number of fused-ring (bicyclic) bond motifs is 2. The molecule has 0 aliphatic carbocycles. The number of hydrogen-bond donors (Lipinski definition) is 0. The molecule has 3 rings (SSSR count). The van der Waals surface area contributed by atoms with Crippen molar-refractivity contribution in [2.45, 2.75) is 0 Å². The van der Waals surface area contributed by atoms with E-state index < -0.39 is 0 Å². The average molecular weight is 182 g/mol. The zero-order chi connectivity index (χ0) is 9.38. The van der Waals surface area contributed by atoms with Crippen LogP contribution in [-0.2, 0) is 0 Å². The van der Waals surface area contributed by atoms with Gasteiger partial charge in [-0.25, -0.2) is 9.97 Å². The number of benzene rings is 1. The third kappa shape index (κ3) is 1.01. The molecule has 2 heterocycles. The Kier molecular flexibility index (Phi) is 1.41. The van der Waals surface area contributed by atoms with Crippen molar-refractivity contribution in [3.8, 4) is 0 Å². The number of rotatable bonds is 0. The Morgan fingerprint density at radius 2 is 1.57 bits per heavy atom. The van der Waals surface area contributed by atoms with E-state index in [1.807, 2.05) is 30.3 Å². The maximum absolute atomic E-state index is 4.41. The number of nitrogens with zero attached hydrogens (tertiary/aromatic N) is 4. The predicted octanol–water partition coefficient (Wildman–Crippen LogP) is 1.57. The van der Waals surface area contributed by atoms with Crippen LogP contribution in [0.4, 0.5) is 0 Å². The fraction of sp³-hybridized carbons (Fsp3) is 0. The molecule has 0 amide bonds. The molecule has 0 aliphatic rings. The van der Waals surface area contributed by atoms with Gasteiger partial charge in [0.2, 0.25) is 5.65 Å². The van der Waals surface area contributed by atoms with E-state index >= 15 is 0 Å². The highest BCUT2D eigenvalue weighted by atomic mass is 15.1. The zero-order valence-electron chi connectivity index (χ0n) is 7.25.